The number of fused-ring (bicyclic) bond motifs is 1. The van der Waals surface area contributed by atoms with Crippen molar-refractivity contribution >= 4 is 5.91 Å². The van der Waals surface area contributed by atoms with Gasteiger partial charge in [-0.25, -0.2) is 0 Å². The summed E-state index contributed by atoms with van der Waals surface area (Å²) < 4.78 is 0. The zero-order chi connectivity index (χ0) is 11.0. The minimum absolute atomic E-state index is 0.0298. The number of hydrogen-bond donors (Lipinski definition) is 2. The van der Waals surface area contributed by atoms with E-state index in [-0.39, 0.29) is 18.0 Å². The number of amides is 1. The maximum atomic E-state index is 11.8. The van der Waals surface area contributed by atoms with Gasteiger partial charge in [0.05, 0.1) is 6.04 Å². The Hall–Kier alpha value is -0.990. The lowest BCUT2D eigenvalue weighted by Crippen LogP contribution is -2.55. The molecule has 0 saturated carbocycles. The van der Waals surface area contributed by atoms with Crippen molar-refractivity contribution in [2.45, 2.75) is 45.7 Å². The van der Waals surface area contributed by atoms with Gasteiger partial charge < -0.3 is 10.6 Å². The van der Waals surface area contributed by atoms with Crippen LogP contribution in [-0.4, -0.2) is 18.0 Å². The van der Waals surface area contributed by atoms with Gasteiger partial charge in [-0.05, 0) is 24.7 Å². The average Bonchev–Trinajstić information content (AvgIpc) is 2.44. The molecule has 0 aromatic carbocycles. The Bertz CT molecular complexity index is 296. The van der Waals surface area contributed by atoms with E-state index in [0.717, 1.165) is 12.8 Å². The molecule has 3 atom stereocenters. The summed E-state index contributed by atoms with van der Waals surface area (Å²) in [6, 6.07) is 0.216. The molecule has 1 amide bonds. The molecule has 3 unspecified atom stereocenters. The van der Waals surface area contributed by atoms with Crippen LogP contribution in [-0.2, 0) is 4.79 Å². The van der Waals surface area contributed by atoms with E-state index in [0.29, 0.717) is 11.8 Å². The predicted molar refractivity (Wildman–Crippen MR) is 60.2 cm³/mol. The van der Waals surface area contributed by atoms with Crippen LogP contribution in [0.2, 0.25) is 0 Å². The maximum absolute atomic E-state index is 11.8. The molecule has 84 valence electrons. The van der Waals surface area contributed by atoms with Gasteiger partial charge in [0.1, 0.15) is 6.04 Å². The van der Waals surface area contributed by atoms with Crippen molar-refractivity contribution in [3.63, 3.8) is 0 Å². The van der Waals surface area contributed by atoms with Gasteiger partial charge in [0, 0.05) is 5.70 Å². The molecule has 2 N–H and O–H groups in total. The minimum Gasteiger partial charge on any atom is -0.376 e. The van der Waals surface area contributed by atoms with Gasteiger partial charge in [-0.1, -0.05) is 26.8 Å². The first-order chi connectivity index (χ1) is 7.06. The lowest BCUT2D eigenvalue weighted by atomic mass is 9.99. The van der Waals surface area contributed by atoms with Crippen LogP contribution in [0.15, 0.2) is 11.8 Å². The van der Waals surface area contributed by atoms with E-state index < -0.39 is 0 Å². The van der Waals surface area contributed by atoms with Gasteiger partial charge >= 0.3 is 0 Å². The molecule has 0 bridgehead atoms. The van der Waals surface area contributed by atoms with Gasteiger partial charge in [0.2, 0.25) is 5.91 Å². The lowest BCUT2D eigenvalue weighted by molar-refractivity contribution is -0.125. The van der Waals surface area contributed by atoms with Crippen LogP contribution >= 0.6 is 0 Å². The van der Waals surface area contributed by atoms with E-state index in [1.807, 2.05) is 0 Å². The number of carbonyl (C=O) groups excluding carboxylic acids is 1. The summed E-state index contributed by atoms with van der Waals surface area (Å²) >= 11 is 0. The fourth-order valence-corrected chi connectivity index (χ4v) is 2.45. The van der Waals surface area contributed by atoms with E-state index in [9.17, 15) is 4.79 Å². The quantitative estimate of drug-likeness (QED) is 0.720. The number of piperazine rings is 1. The van der Waals surface area contributed by atoms with Gasteiger partial charge in [0.25, 0.3) is 0 Å². The Balaban J connectivity index is 2.04. The predicted octanol–water partition coefficient (Wildman–Crippen LogP) is 1.41. The summed E-state index contributed by atoms with van der Waals surface area (Å²) in [7, 11) is 0. The van der Waals surface area contributed by atoms with Crippen molar-refractivity contribution < 1.29 is 4.79 Å². The fourth-order valence-electron chi connectivity index (χ4n) is 2.45. The van der Waals surface area contributed by atoms with Crippen LogP contribution in [0.25, 0.3) is 0 Å². The molecule has 15 heavy (non-hydrogen) atoms. The monoisotopic (exact) mass is 208 g/mol. The second kappa shape index (κ2) is 3.87. The standard InChI is InChI=1S/C12H20N2O/c1-7(2)4-11-12(15)14-10-6-8(3)5-9(10)13-11/h5,7-8,10-11,13H,4,6H2,1-3H3,(H,14,15). The van der Waals surface area contributed by atoms with E-state index in [2.05, 4.69) is 37.5 Å². The van der Waals surface area contributed by atoms with Crippen molar-refractivity contribution in [1.29, 1.82) is 0 Å². The first kappa shape index (κ1) is 10.5. The summed E-state index contributed by atoms with van der Waals surface area (Å²) in [5.41, 5.74) is 1.23. The number of nitrogens with one attached hydrogen (secondary N) is 2. The normalized spacial score (nSPS) is 34.5. The van der Waals surface area contributed by atoms with E-state index >= 15 is 0 Å². The molecule has 0 aromatic rings. The Kier molecular flexibility index (Phi) is 2.72. The molecule has 1 fully saturated rings. The fraction of sp³-hybridized carbons (Fsp3) is 0.750. The molecule has 2 aliphatic rings. The minimum atomic E-state index is -0.0298. The number of carbonyl (C=O) groups is 1. The first-order valence-corrected chi connectivity index (χ1v) is 5.85. The van der Waals surface area contributed by atoms with Gasteiger partial charge in [-0.3, -0.25) is 4.79 Å². The largest absolute Gasteiger partial charge is 0.376 e. The molecule has 3 nitrogen and oxygen atoms in total. The highest BCUT2D eigenvalue weighted by Gasteiger charge is 2.34. The van der Waals surface area contributed by atoms with E-state index in [1.54, 1.807) is 0 Å². The van der Waals surface area contributed by atoms with Crippen molar-refractivity contribution in [1.82, 2.24) is 10.6 Å². The number of rotatable bonds is 2. The van der Waals surface area contributed by atoms with E-state index in [4.69, 9.17) is 0 Å². The summed E-state index contributed by atoms with van der Waals surface area (Å²) in [6.07, 6.45) is 4.20. The Morgan fingerprint density at radius 1 is 1.47 bits per heavy atom. The molecule has 1 saturated heterocycles. The molecule has 0 spiro atoms. The summed E-state index contributed by atoms with van der Waals surface area (Å²) in [5, 5.41) is 6.47. The maximum Gasteiger partial charge on any atom is 0.243 e. The summed E-state index contributed by atoms with van der Waals surface area (Å²) in [6.45, 7) is 6.48. The van der Waals surface area contributed by atoms with Crippen LogP contribution in [0.4, 0.5) is 0 Å². The molecule has 1 aliphatic heterocycles. The summed E-state index contributed by atoms with van der Waals surface area (Å²) in [5.74, 6) is 1.29. The molecule has 3 heteroatoms. The first-order valence-electron chi connectivity index (χ1n) is 5.85. The summed E-state index contributed by atoms with van der Waals surface area (Å²) in [4.78, 5) is 11.8. The third-order valence-corrected chi connectivity index (χ3v) is 3.13. The Morgan fingerprint density at radius 3 is 2.87 bits per heavy atom. The Morgan fingerprint density at radius 2 is 2.20 bits per heavy atom. The van der Waals surface area contributed by atoms with Crippen molar-refractivity contribution in [3.05, 3.63) is 11.8 Å². The topological polar surface area (TPSA) is 41.1 Å². The molecule has 1 aliphatic carbocycles. The highest BCUT2D eigenvalue weighted by Crippen LogP contribution is 2.26. The highest BCUT2D eigenvalue weighted by atomic mass is 16.2. The van der Waals surface area contributed by atoms with Crippen LogP contribution in [0.5, 0.6) is 0 Å². The smallest absolute Gasteiger partial charge is 0.243 e. The zero-order valence-electron chi connectivity index (χ0n) is 9.71. The van der Waals surface area contributed by atoms with Gasteiger partial charge in [0.15, 0.2) is 0 Å². The van der Waals surface area contributed by atoms with Crippen LogP contribution in [0.1, 0.15) is 33.6 Å². The number of allylic oxidation sites excluding steroid dienone is 1. The molecule has 0 aromatic heterocycles. The van der Waals surface area contributed by atoms with Gasteiger partial charge in [-0.2, -0.15) is 0 Å². The van der Waals surface area contributed by atoms with Crippen molar-refractivity contribution in [3.8, 4) is 0 Å². The molecular formula is C12H20N2O. The number of hydrogen-bond acceptors (Lipinski definition) is 2. The third kappa shape index (κ3) is 2.16. The highest BCUT2D eigenvalue weighted by molar-refractivity contribution is 5.84. The molecule has 1 heterocycles. The molecular weight excluding hydrogens is 188 g/mol. The van der Waals surface area contributed by atoms with E-state index in [1.165, 1.54) is 5.70 Å². The Labute approximate surface area is 91.3 Å². The van der Waals surface area contributed by atoms with Gasteiger partial charge in [-0.15, -0.1) is 0 Å². The second-order valence-corrected chi connectivity index (χ2v) is 5.22. The molecule has 0 radical (unpaired) electrons. The second-order valence-electron chi connectivity index (χ2n) is 5.22. The molecule has 2 rings (SSSR count). The van der Waals surface area contributed by atoms with Crippen molar-refractivity contribution in [2.24, 2.45) is 11.8 Å². The van der Waals surface area contributed by atoms with Crippen LogP contribution in [0, 0.1) is 11.8 Å². The zero-order valence-corrected chi connectivity index (χ0v) is 9.71. The third-order valence-electron chi connectivity index (χ3n) is 3.13. The SMILES string of the molecule is CC(C)CC1NC2=CC(C)CC2NC1=O. The van der Waals surface area contributed by atoms with Crippen LogP contribution < -0.4 is 10.6 Å². The van der Waals surface area contributed by atoms with Crippen molar-refractivity contribution in [2.75, 3.05) is 0 Å². The van der Waals surface area contributed by atoms with Crippen LogP contribution in [0.3, 0.4) is 0 Å². The lowest BCUT2D eigenvalue weighted by Gasteiger charge is -2.31. The average molecular weight is 208 g/mol.